The fourth-order valence-corrected chi connectivity index (χ4v) is 4.97. The molecule has 0 bridgehead atoms. The number of aliphatic hydroxyl groups is 1. The van der Waals surface area contributed by atoms with Gasteiger partial charge in [-0.3, -0.25) is 0 Å². The van der Waals surface area contributed by atoms with Gasteiger partial charge in [0.15, 0.2) is 0 Å². The van der Waals surface area contributed by atoms with Gasteiger partial charge in [-0.1, -0.05) is 29.8 Å². The lowest BCUT2D eigenvalue weighted by Crippen LogP contribution is -2.43. The summed E-state index contributed by atoms with van der Waals surface area (Å²) in [5.41, 5.74) is -0.698. The molecule has 2 N–H and O–H groups in total. The van der Waals surface area contributed by atoms with Crippen molar-refractivity contribution in [2.75, 3.05) is 13.2 Å². The molecule has 1 aromatic heterocycles. The van der Waals surface area contributed by atoms with Crippen molar-refractivity contribution in [1.29, 1.82) is 0 Å². The van der Waals surface area contributed by atoms with Gasteiger partial charge in [-0.2, -0.15) is 0 Å². The standard InChI is InChI=1S/C14H14ClNO4S2/c15-12-5-6-13(21-12)22(18,19)16-9-14(17)7-8-20-11-4-2-1-3-10(11)14/h1-6,16-17H,7-9H2/t14-/m0/s1. The molecule has 0 saturated heterocycles. The van der Waals surface area contributed by atoms with Gasteiger partial charge in [0.05, 0.1) is 10.9 Å². The molecule has 1 aliphatic rings. The zero-order valence-electron chi connectivity index (χ0n) is 11.5. The number of nitrogens with one attached hydrogen (secondary N) is 1. The van der Waals surface area contributed by atoms with Crippen molar-refractivity contribution in [2.45, 2.75) is 16.2 Å². The van der Waals surface area contributed by atoms with E-state index in [9.17, 15) is 13.5 Å². The molecule has 0 fully saturated rings. The predicted molar refractivity (Wildman–Crippen MR) is 85.0 cm³/mol. The third kappa shape index (κ3) is 3.00. The molecular formula is C14H14ClNO4S2. The molecule has 0 spiro atoms. The van der Waals surface area contributed by atoms with E-state index in [4.69, 9.17) is 16.3 Å². The Morgan fingerprint density at radius 2 is 2.09 bits per heavy atom. The maximum absolute atomic E-state index is 12.2. The van der Waals surface area contributed by atoms with Crippen LogP contribution in [-0.2, 0) is 15.6 Å². The van der Waals surface area contributed by atoms with Crippen LogP contribution >= 0.6 is 22.9 Å². The van der Waals surface area contributed by atoms with Crippen molar-refractivity contribution >= 4 is 33.0 Å². The first-order chi connectivity index (χ1) is 10.4. The monoisotopic (exact) mass is 359 g/mol. The predicted octanol–water partition coefficient (Wildman–Crippen LogP) is 2.35. The van der Waals surface area contributed by atoms with Gasteiger partial charge in [0.2, 0.25) is 10.0 Å². The van der Waals surface area contributed by atoms with Crippen molar-refractivity contribution < 1.29 is 18.3 Å². The molecule has 3 rings (SSSR count). The average molecular weight is 360 g/mol. The van der Waals surface area contributed by atoms with E-state index in [0.717, 1.165) is 11.3 Å². The fraction of sp³-hybridized carbons (Fsp3) is 0.286. The van der Waals surface area contributed by atoms with E-state index in [0.29, 0.717) is 28.7 Å². The minimum absolute atomic E-state index is 0.120. The molecule has 0 radical (unpaired) electrons. The fourth-order valence-electron chi connectivity index (χ4n) is 2.35. The summed E-state index contributed by atoms with van der Waals surface area (Å²) in [6, 6.07) is 10.1. The molecule has 0 saturated carbocycles. The number of halogens is 1. The van der Waals surface area contributed by atoms with Crippen LogP contribution in [0.15, 0.2) is 40.6 Å². The maximum atomic E-state index is 12.2. The summed E-state index contributed by atoms with van der Waals surface area (Å²) in [6.07, 6.45) is 0.317. The number of thiophene rings is 1. The van der Waals surface area contributed by atoms with Crippen LogP contribution in [0.2, 0.25) is 4.34 Å². The third-order valence-corrected chi connectivity index (χ3v) is 6.65. The summed E-state index contributed by atoms with van der Waals surface area (Å²) in [6.45, 7) is 0.214. The highest BCUT2D eigenvalue weighted by Gasteiger charge is 2.36. The Morgan fingerprint density at radius 1 is 1.32 bits per heavy atom. The van der Waals surface area contributed by atoms with Gasteiger partial charge in [-0.25, -0.2) is 13.1 Å². The molecule has 1 atom stereocenters. The van der Waals surface area contributed by atoms with E-state index in [1.165, 1.54) is 12.1 Å². The van der Waals surface area contributed by atoms with Crippen molar-refractivity contribution in [1.82, 2.24) is 4.72 Å². The topological polar surface area (TPSA) is 75.6 Å². The quantitative estimate of drug-likeness (QED) is 0.878. The van der Waals surface area contributed by atoms with Crippen LogP contribution in [0.1, 0.15) is 12.0 Å². The van der Waals surface area contributed by atoms with E-state index in [1.54, 1.807) is 18.2 Å². The zero-order chi connectivity index (χ0) is 15.8. The average Bonchev–Trinajstić information content (AvgIpc) is 2.94. The molecule has 22 heavy (non-hydrogen) atoms. The summed E-state index contributed by atoms with van der Waals surface area (Å²) in [5, 5.41) is 10.8. The number of fused-ring (bicyclic) bond motifs is 1. The Balaban J connectivity index is 1.82. The highest BCUT2D eigenvalue weighted by molar-refractivity contribution is 7.91. The molecular weight excluding hydrogens is 346 g/mol. The lowest BCUT2D eigenvalue weighted by molar-refractivity contribution is 0.00220. The number of hydrogen-bond donors (Lipinski definition) is 2. The van der Waals surface area contributed by atoms with Gasteiger partial charge in [0.25, 0.3) is 0 Å². The molecule has 0 unspecified atom stereocenters. The summed E-state index contributed by atoms with van der Waals surface area (Å²) in [4.78, 5) is 0. The maximum Gasteiger partial charge on any atom is 0.250 e. The van der Waals surface area contributed by atoms with Crippen LogP contribution in [0.5, 0.6) is 5.75 Å². The Kier molecular flexibility index (Phi) is 4.17. The van der Waals surface area contributed by atoms with Gasteiger partial charge >= 0.3 is 0 Å². The number of hydrogen-bond acceptors (Lipinski definition) is 5. The second kappa shape index (κ2) is 5.82. The van der Waals surface area contributed by atoms with Gasteiger partial charge in [-0.15, -0.1) is 11.3 Å². The van der Waals surface area contributed by atoms with Gasteiger partial charge in [0, 0.05) is 18.5 Å². The summed E-state index contributed by atoms with van der Waals surface area (Å²) in [5.74, 6) is 0.578. The number of rotatable bonds is 4. The second-order valence-corrected chi connectivity index (χ2v) is 8.72. The Morgan fingerprint density at radius 3 is 2.82 bits per heavy atom. The highest BCUT2D eigenvalue weighted by Crippen LogP contribution is 2.36. The smallest absolute Gasteiger partial charge is 0.250 e. The third-order valence-electron chi connectivity index (χ3n) is 3.53. The van der Waals surface area contributed by atoms with Gasteiger partial charge in [-0.05, 0) is 18.2 Å². The van der Waals surface area contributed by atoms with Crippen molar-refractivity contribution in [2.24, 2.45) is 0 Å². The molecule has 2 heterocycles. The summed E-state index contributed by atoms with van der Waals surface area (Å²) >= 11 is 6.74. The van der Waals surface area contributed by atoms with E-state index in [1.807, 2.05) is 6.07 Å². The Labute approximate surface area is 137 Å². The normalized spacial score (nSPS) is 21.2. The Bertz CT molecular complexity index is 790. The molecule has 0 aliphatic carbocycles. The minimum Gasteiger partial charge on any atom is -0.493 e. The first kappa shape index (κ1) is 15.8. The number of ether oxygens (including phenoxy) is 1. The lowest BCUT2D eigenvalue weighted by atomic mass is 9.88. The van der Waals surface area contributed by atoms with E-state index >= 15 is 0 Å². The van der Waals surface area contributed by atoms with Gasteiger partial charge < -0.3 is 9.84 Å². The molecule has 1 aromatic carbocycles. The first-order valence-corrected chi connectivity index (χ1v) is 9.28. The van der Waals surface area contributed by atoms with E-state index in [-0.39, 0.29) is 10.8 Å². The molecule has 2 aromatic rings. The molecule has 0 amide bonds. The summed E-state index contributed by atoms with van der Waals surface area (Å²) < 4.78 is 33.0. The van der Waals surface area contributed by atoms with Crippen molar-refractivity contribution in [3.05, 3.63) is 46.3 Å². The van der Waals surface area contributed by atoms with Crippen LogP contribution in [0.25, 0.3) is 0 Å². The van der Waals surface area contributed by atoms with Crippen LogP contribution in [0.3, 0.4) is 0 Å². The lowest BCUT2D eigenvalue weighted by Gasteiger charge is -2.34. The van der Waals surface area contributed by atoms with Crippen LogP contribution in [0.4, 0.5) is 0 Å². The minimum atomic E-state index is -3.70. The molecule has 1 aliphatic heterocycles. The van der Waals surface area contributed by atoms with E-state index in [2.05, 4.69) is 4.72 Å². The number of benzene rings is 1. The number of para-hydroxylation sites is 1. The van der Waals surface area contributed by atoms with E-state index < -0.39 is 15.6 Å². The molecule has 118 valence electrons. The largest absolute Gasteiger partial charge is 0.493 e. The summed E-state index contributed by atoms with van der Waals surface area (Å²) in [7, 11) is -3.70. The first-order valence-electron chi connectivity index (χ1n) is 6.60. The highest BCUT2D eigenvalue weighted by atomic mass is 35.5. The SMILES string of the molecule is O=S(=O)(NC[C@@]1(O)CCOc2ccccc21)c1ccc(Cl)s1. The molecule has 8 heteroatoms. The van der Waals surface area contributed by atoms with Gasteiger partial charge in [0.1, 0.15) is 15.6 Å². The van der Waals surface area contributed by atoms with Crippen molar-refractivity contribution in [3.8, 4) is 5.75 Å². The second-order valence-electron chi connectivity index (χ2n) is 5.01. The van der Waals surface area contributed by atoms with Crippen LogP contribution in [-0.4, -0.2) is 26.7 Å². The van der Waals surface area contributed by atoms with Crippen LogP contribution in [0, 0.1) is 0 Å². The molecule has 5 nitrogen and oxygen atoms in total. The van der Waals surface area contributed by atoms with Crippen LogP contribution < -0.4 is 9.46 Å². The number of sulfonamides is 1. The zero-order valence-corrected chi connectivity index (χ0v) is 13.8. The van der Waals surface area contributed by atoms with Crippen molar-refractivity contribution in [3.63, 3.8) is 0 Å². The Hall–Kier alpha value is -1.12.